The van der Waals surface area contributed by atoms with Crippen LogP contribution in [0.4, 0.5) is 5.69 Å². The minimum absolute atomic E-state index is 0.275. The number of hydrogen-bond acceptors (Lipinski definition) is 3. The molecule has 0 spiro atoms. The number of amides is 1. The number of aryl methyl sites for hydroxylation is 1. The molecule has 0 atom stereocenters. The van der Waals surface area contributed by atoms with Crippen molar-refractivity contribution in [1.82, 2.24) is 10.3 Å². The number of nitrogens with zero attached hydrogens (tertiary/aromatic N) is 2. The highest BCUT2D eigenvalue weighted by atomic mass is 16.2. The van der Waals surface area contributed by atoms with Crippen LogP contribution in [0.15, 0.2) is 18.3 Å². The van der Waals surface area contributed by atoms with Crippen LogP contribution in [0.5, 0.6) is 0 Å². The van der Waals surface area contributed by atoms with Crippen molar-refractivity contribution < 1.29 is 4.79 Å². The molecule has 1 aromatic heterocycles. The second-order valence-corrected chi connectivity index (χ2v) is 6.11. The number of hydrogen-bond donors (Lipinski definition) is 1. The molecule has 108 valence electrons. The zero-order valence-electron chi connectivity index (χ0n) is 12.1. The van der Waals surface area contributed by atoms with Gasteiger partial charge in [0.25, 0.3) is 0 Å². The molecule has 0 aromatic carbocycles. The van der Waals surface area contributed by atoms with Crippen molar-refractivity contribution in [3.8, 4) is 0 Å². The summed E-state index contributed by atoms with van der Waals surface area (Å²) in [6.07, 6.45) is 6.38. The van der Waals surface area contributed by atoms with E-state index in [2.05, 4.69) is 27.3 Å². The van der Waals surface area contributed by atoms with Crippen molar-refractivity contribution in [3.63, 3.8) is 0 Å². The van der Waals surface area contributed by atoms with E-state index in [1.54, 1.807) is 0 Å². The molecule has 2 heterocycles. The molecule has 1 aliphatic carbocycles. The van der Waals surface area contributed by atoms with Crippen molar-refractivity contribution in [2.24, 2.45) is 11.8 Å². The molecule has 1 amide bonds. The SMILES string of the molecule is Cc1cc(N2CCC(CNC(=O)C3CC3)CC2)ccn1. The van der Waals surface area contributed by atoms with Crippen LogP contribution in [0, 0.1) is 18.8 Å². The number of piperidine rings is 1. The first kappa shape index (κ1) is 13.4. The van der Waals surface area contributed by atoms with Gasteiger partial charge in [0.1, 0.15) is 0 Å². The highest BCUT2D eigenvalue weighted by Gasteiger charge is 2.30. The average molecular weight is 273 g/mol. The highest BCUT2D eigenvalue weighted by Crippen LogP contribution is 2.29. The fraction of sp³-hybridized carbons (Fsp3) is 0.625. The lowest BCUT2D eigenvalue weighted by molar-refractivity contribution is -0.122. The van der Waals surface area contributed by atoms with Crippen LogP contribution >= 0.6 is 0 Å². The van der Waals surface area contributed by atoms with E-state index in [-0.39, 0.29) is 5.91 Å². The van der Waals surface area contributed by atoms with Gasteiger partial charge >= 0.3 is 0 Å². The molecule has 0 bridgehead atoms. The third-order valence-corrected chi connectivity index (χ3v) is 4.37. The first-order valence-electron chi connectivity index (χ1n) is 7.67. The molecule has 4 heteroatoms. The first-order chi connectivity index (χ1) is 9.72. The number of rotatable bonds is 4. The van der Waals surface area contributed by atoms with Gasteiger partial charge < -0.3 is 10.2 Å². The largest absolute Gasteiger partial charge is 0.371 e. The smallest absolute Gasteiger partial charge is 0.223 e. The van der Waals surface area contributed by atoms with Gasteiger partial charge in [-0.3, -0.25) is 9.78 Å². The number of nitrogens with one attached hydrogen (secondary N) is 1. The predicted octanol–water partition coefficient (Wildman–Crippen LogP) is 2.13. The van der Waals surface area contributed by atoms with Crippen LogP contribution < -0.4 is 10.2 Å². The standard InChI is InChI=1S/C16H23N3O/c1-12-10-15(4-7-17-12)19-8-5-13(6-9-19)11-18-16(20)14-2-3-14/h4,7,10,13-14H,2-3,5-6,8-9,11H2,1H3,(H,18,20). The predicted molar refractivity (Wildman–Crippen MR) is 79.6 cm³/mol. The van der Waals surface area contributed by atoms with E-state index in [1.165, 1.54) is 5.69 Å². The number of aromatic nitrogens is 1. The van der Waals surface area contributed by atoms with Crippen molar-refractivity contribution in [2.45, 2.75) is 32.6 Å². The van der Waals surface area contributed by atoms with Gasteiger partial charge in [-0.15, -0.1) is 0 Å². The van der Waals surface area contributed by atoms with Crippen molar-refractivity contribution in [1.29, 1.82) is 0 Å². The zero-order chi connectivity index (χ0) is 13.9. The molecule has 20 heavy (non-hydrogen) atoms. The second kappa shape index (κ2) is 5.81. The molecule has 2 fully saturated rings. The Bertz CT molecular complexity index is 476. The Morgan fingerprint density at radius 1 is 1.35 bits per heavy atom. The van der Waals surface area contributed by atoms with Crippen LogP contribution in [0.1, 0.15) is 31.4 Å². The normalized spacial score (nSPS) is 19.9. The van der Waals surface area contributed by atoms with Crippen LogP contribution in [0.3, 0.4) is 0 Å². The summed E-state index contributed by atoms with van der Waals surface area (Å²) in [7, 11) is 0. The maximum absolute atomic E-state index is 11.6. The minimum Gasteiger partial charge on any atom is -0.371 e. The summed E-state index contributed by atoms with van der Waals surface area (Å²) >= 11 is 0. The monoisotopic (exact) mass is 273 g/mol. The summed E-state index contributed by atoms with van der Waals surface area (Å²) < 4.78 is 0. The van der Waals surface area contributed by atoms with Gasteiger partial charge in [-0.2, -0.15) is 0 Å². The maximum Gasteiger partial charge on any atom is 0.223 e. The highest BCUT2D eigenvalue weighted by molar-refractivity contribution is 5.80. The summed E-state index contributed by atoms with van der Waals surface area (Å²) in [6.45, 7) is 5.04. The van der Waals surface area contributed by atoms with Gasteiger partial charge in [-0.25, -0.2) is 0 Å². The molecule has 3 rings (SSSR count). The van der Waals surface area contributed by atoms with Crippen LogP contribution in [0.2, 0.25) is 0 Å². The first-order valence-corrected chi connectivity index (χ1v) is 7.67. The Balaban J connectivity index is 1.45. The molecule has 1 saturated heterocycles. The number of carbonyl (C=O) groups excluding carboxylic acids is 1. The number of anilines is 1. The summed E-state index contributed by atoms with van der Waals surface area (Å²) in [5.74, 6) is 1.24. The van der Waals surface area contributed by atoms with E-state index in [0.29, 0.717) is 11.8 Å². The molecule has 0 radical (unpaired) electrons. The van der Waals surface area contributed by atoms with Gasteiger partial charge in [0.05, 0.1) is 0 Å². The lowest BCUT2D eigenvalue weighted by Crippen LogP contribution is -2.39. The van der Waals surface area contributed by atoms with Gasteiger partial charge in [0.2, 0.25) is 5.91 Å². The zero-order valence-corrected chi connectivity index (χ0v) is 12.1. The summed E-state index contributed by atoms with van der Waals surface area (Å²) in [5.41, 5.74) is 2.35. The van der Waals surface area contributed by atoms with E-state index in [0.717, 1.165) is 51.0 Å². The Hall–Kier alpha value is -1.58. The Labute approximate surface area is 120 Å². The molecule has 4 nitrogen and oxygen atoms in total. The van der Waals surface area contributed by atoms with Gasteiger partial charge in [0.15, 0.2) is 0 Å². The Morgan fingerprint density at radius 3 is 2.75 bits per heavy atom. The lowest BCUT2D eigenvalue weighted by Gasteiger charge is -2.33. The summed E-state index contributed by atoms with van der Waals surface area (Å²) in [5, 5.41) is 3.11. The number of pyridine rings is 1. The third kappa shape index (κ3) is 3.30. The van der Waals surface area contributed by atoms with Gasteiger partial charge in [-0.05, 0) is 50.7 Å². The molecule has 0 unspecified atom stereocenters. The van der Waals surface area contributed by atoms with E-state index < -0.39 is 0 Å². The van der Waals surface area contributed by atoms with Gasteiger partial charge in [0, 0.05) is 43.1 Å². The molecular weight excluding hydrogens is 250 g/mol. The van der Waals surface area contributed by atoms with Gasteiger partial charge in [-0.1, -0.05) is 0 Å². The molecular formula is C16H23N3O. The summed E-state index contributed by atoms with van der Waals surface area (Å²) in [4.78, 5) is 18.3. The quantitative estimate of drug-likeness (QED) is 0.914. The molecule has 1 saturated carbocycles. The van der Waals surface area contributed by atoms with Crippen LogP contribution in [-0.4, -0.2) is 30.5 Å². The Morgan fingerprint density at radius 2 is 2.10 bits per heavy atom. The van der Waals surface area contributed by atoms with E-state index >= 15 is 0 Å². The Kier molecular flexibility index (Phi) is 3.90. The fourth-order valence-electron chi connectivity index (χ4n) is 2.86. The molecule has 1 aromatic rings. The van der Waals surface area contributed by atoms with Crippen LogP contribution in [-0.2, 0) is 4.79 Å². The van der Waals surface area contributed by atoms with Crippen LogP contribution in [0.25, 0.3) is 0 Å². The van der Waals surface area contributed by atoms with Crippen molar-refractivity contribution in [3.05, 3.63) is 24.0 Å². The maximum atomic E-state index is 11.6. The van der Waals surface area contributed by atoms with Crippen molar-refractivity contribution >= 4 is 11.6 Å². The summed E-state index contributed by atoms with van der Waals surface area (Å²) in [6, 6.07) is 4.23. The van der Waals surface area contributed by atoms with E-state index in [9.17, 15) is 4.79 Å². The molecule has 1 N–H and O–H groups in total. The second-order valence-electron chi connectivity index (χ2n) is 6.11. The van der Waals surface area contributed by atoms with Crippen molar-refractivity contribution in [2.75, 3.05) is 24.5 Å². The average Bonchev–Trinajstić information content (AvgIpc) is 3.30. The lowest BCUT2D eigenvalue weighted by atomic mass is 9.96. The van der Waals surface area contributed by atoms with E-state index in [1.807, 2.05) is 13.1 Å². The fourth-order valence-corrected chi connectivity index (χ4v) is 2.86. The molecule has 1 aliphatic heterocycles. The van der Waals surface area contributed by atoms with E-state index in [4.69, 9.17) is 0 Å². The third-order valence-electron chi connectivity index (χ3n) is 4.37. The molecule has 2 aliphatic rings. The minimum atomic E-state index is 0.275. The topological polar surface area (TPSA) is 45.2 Å². The number of carbonyl (C=O) groups is 1.